The Morgan fingerprint density at radius 3 is 2.69 bits per heavy atom. The molecular weight excluding hydrogens is 496 g/mol. The lowest BCUT2D eigenvalue weighted by molar-refractivity contribution is -0.136. The van der Waals surface area contributed by atoms with Crippen molar-refractivity contribution >= 4 is 28.4 Å². The van der Waals surface area contributed by atoms with Crippen LogP contribution in [-0.2, 0) is 14.3 Å². The van der Waals surface area contributed by atoms with Crippen molar-refractivity contribution < 1.29 is 18.8 Å². The van der Waals surface area contributed by atoms with Crippen LogP contribution < -0.4 is 4.90 Å². The van der Waals surface area contributed by atoms with Gasteiger partial charge in [0.05, 0.1) is 36.9 Å². The number of likely N-dealkylation sites (tertiary alicyclic amines) is 1. The summed E-state index contributed by atoms with van der Waals surface area (Å²) in [4.78, 5) is 34.3. The Morgan fingerprint density at radius 2 is 1.92 bits per heavy atom. The van der Waals surface area contributed by atoms with Gasteiger partial charge in [-0.1, -0.05) is 29.4 Å². The third-order valence-corrected chi connectivity index (χ3v) is 8.21. The summed E-state index contributed by atoms with van der Waals surface area (Å²) in [5.74, 6) is 1.04. The molecule has 0 spiro atoms. The summed E-state index contributed by atoms with van der Waals surface area (Å²) in [5.41, 5.74) is 3.88. The highest BCUT2D eigenvalue weighted by Gasteiger charge is 2.38. The normalized spacial score (nSPS) is 20.6. The molecule has 7 rings (SSSR count). The first-order valence-electron chi connectivity index (χ1n) is 13.6. The molecule has 2 aromatic heterocycles. The van der Waals surface area contributed by atoms with E-state index < -0.39 is 0 Å². The maximum atomic E-state index is 13.3. The first-order valence-corrected chi connectivity index (χ1v) is 13.6. The molecule has 4 aromatic rings. The molecule has 3 aliphatic heterocycles. The van der Waals surface area contributed by atoms with Crippen LogP contribution in [0.2, 0.25) is 0 Å². The van der Waals surface area contributed by atoms with Gasteiger partial charge in [-0.3, -0.25) is 14.3 Å². The fourth-order valence-corrected chi connectivity index (χ4v) is 5.87. The monoisotopic (exact) mass is 526 g/mol. The summed E-state index contributed by atoms with van der Waals surface area (Å²) in [6.45, 7) is 5.03. The average Bonchev–Trinajstić information content (AvgIpc) is 3.66. The van der Waals surface area contributed by atoms with Gasteiger partial charge in [0, 0.05) is 48.6 Å². The van der Waals surface area contributed by atoms with E-state index in [4.69, 9.17) is 14.2 Å². The van der Waals surface area contributed by atoms with E-state index in [-0.39, 0.29) is 36.1 Å². The van der Waals surface area contributed by atoms with Crippen molar-refractivity contribution in [2.24, 2.45) is 5.92 Å². The Morgan fingerprint density at radius 1 is 1.08 bits per heavy atom. The van der Waals surface area contributed by atoms with E-state index in [9.17, 15) is 9.59 Å². The van der Waals surface area contributed by atoms with E-state index in [0.29, 0.717) is 44.6 Å². The first-order chi connectivity index (χ1) is 19.0. The molecule has 10 nitrogen and oxygen atoms in total. The van der Waals surface area contributed by atoms with Crippen molar-refractivity contribution in [1.82, 2.24) is 24.8 Å². The molecule has 0 unspecified atom stereocenters. The summed E-state index contributed by atoms with van der Waals surface area (Å²) < 4.78 is 13.0. The smallest absolute Gasteiger partial charge is 0.230 e. The van der Waals surface area contributed by atoms with Crippen LogP contribution in [-0.4, -0.2) is 69.5 Å². The van der Waals surface area contributed by atoms with Gasteiger partial charge in [-0.2, -0.15) is 10.1 Å². The summed E-state index contributed by atoms with van der Waals surface area (Å²) in [5, 5.41) is 9.86. The Hall–Kier alpha value is -4.05. The van der Waals surface area contributed by atoms with E-state index in [1.165, 1.54) is 0 Å². The van der Waals surface area contributed by atoms with E-state index in [2.05, 4.69) is 16.3 Å². The molecule has 0 N–H and O–H groups in total. The van der Waals surface area contributed by atoms with Gasteiger partial charge in [0.2, 0.25) is 23.5 Å². The van der Waals surface area contributed by atoms with Crippen LogP contribution in [0.15, 0.2) is 53.2 Å². The highest BCUT2D eigenvalue weighted by molar-refractivity contribution is 6.00. The summed E-state index contributed by atoms with van der Waals surface area (Å²) in [6.07, 6.45) is 3.64. The van der Waals surface area contributed by atoms with Crippen molar-refractivity contribution in [1.29, 1.82) is 0 Å². The van der Waals surface area contributed by atoms with Crippen molar-refractivity contribution in [2.75, 3.05) is 37.7 Å². The predicted octanol–water partition coefficient (Wildman–Crippen LogP) is 3.73. The maximum absolute atomic E-state index is 13.3. The quantitative estimate of drug-likeness (QED) is 0.390. The molecule has 1 atom stereocenters. The van der Waals surface area contributed by atoms with Crippen LogP contribution in [0, 0.1) is 12.8 Å². The molecule has 5 heterocycles. The maximum Gasteiger partial charge on any atom is 0.230 e. The van der Waals surface area contributed by atoms with Crippen molar-refractivity contribution in [2.45, 2.75) is 38.1 Å². The molecule has 0 bridgehead atoms. The first kappa shape index (κ1) is 24.0. The molecule has 3 fully saturated rings. The Labute approximate surface area is 225 Å². The number of aryl methyl sites for hydroxylation is 1. The third-order valence-electron chi connectivity index (χ3n) is 8.21. The molecule has 0 radical (unpaired) electrons. The number of aromatic nitrogens is 4. The number of nitrogens with zero attached hydrogens (tertiary/aromatic N) is 6. The highest BCUT2D eigenvalue weighted by Crippen LogP contribution is 2.33. The molecule has 39 heavy (non-hydrogen) atoms. The Balaban J connectivity index is 0.993. The topological polar surface area (TPSA) is 107 Å². The zero-order chi connectivity index (χ0) is 26.5. The second-order valence-electron chi connectivity index (χ2n) is 10.9. The molecule has 3 saturated heterocycles. The van der Waals surface area contributed by atoms with Gasteiger partial charge in [-0.25, -0.2) is 0 Å². The molecule has 200 valence electrons. The number of carbonyl (C=O) groups is 2. The lowest BCUT2D eigenvalue weighted by Crippen LogP contribution is -2.42. The van der Waals surface area contributed by atoms with Gasteiger partial charge in [0.15, 0.2) is 0 Å². The number of rotatable bonds is 5. The highest BCUT2D eigenvalue weighted by atomic mass is 16.5. The Kier molecular flexibility index (Phi) is 5.92. The number of anilines is 1. The number of ether oxygens (including phenoxy) is 1. The van der Waals surface area contributed by atoms with Crippen LogP contribution in [0.3, 0.4) is 0 Å². The minimum atomic E-state index is -0.306. The predicted molar refractivity (Wildman–Crippen MR) is 143 cm³/mol. The Bertz CT molecular complexity index is 1550. The molecule has 0 aliphatic carbocycles. The van der Waals surface area contributed by atoms with Crippen LogP contribution in [0.1, 0.15) is 42.7 Å². The molecular formula is C29H30N6O4. The second kappa shape index (κ2) is 9.60. The van der Waals surface area contributed by atoms with Gasteiger partial charge in [-0.15, -0.1) is 0 Å². The zero-order valence-electron chi connectivity index (χ0n) is 21.8. The summed E-state index contributed by atoms with van der Waals surface area (Å²) >= 11 is 0. The van der Waals surface area contributed by atoms with Crippen molar-refractivity contribution in [3.05, 3.63) is 60.1 Å². The molecule has 2 aromatic carbocycles. The number of hydrogen-bond donors (Lipinski definition) is 0. The third kappa shape index (κ3) is 4.38. The van der Waals surface area contributed by atoms with Gasteiger partial charge < -0.3 is 19.1 Å². The van der Waals surface area contributed by atoms with Crippen molar-refractivity contribution in [3.63, 3.8) is 0 Å². The number of amides is 2. The number of fused-ring (bicyclic) bond motifs is 1. The standard InChI is InChI=1S/C29H30N6O4/c1-18-3-2-4-23(11-18)34-15-22(13-26(34)36)29(37)33-9-7-19(8-10-33)28-31-27(32-39-28)20-5-6-21-14-30-35(25(21)12-20)24-16-38-17-24/h2-6,11-12,14,19,22,24H,7-10,13,15-17H2,1H3/t22-/m1/s1. The minimum Gasteiger partial charge on any atom is -0.377 e. The van der Waals surface area contributed by atoms with Gasteiger partial charge >= 0.3 is 0 Å². The van der Waals surface area contributed by atoms with Gasteiger partial charge in [0.1, 0.15) is 0 Å². The van der Waals surface area contributed by atoms with Crippen LogP contribution in [0.5, 0.6) is 0 Å². The van der Waals surface area contributed by atoms with Crippen LogP contribution in [0.4, 0.5) is 5.69 Å². The average molecular weight is 527 g/mol. The van der Waals surface area contributed by atoms with E-state index in [1.807, 2.05) is 59.1 Å². The second-order valence-corrected chi connectivity index (χ2v) is 10.9. The van der Waals surface area contributed by atoms with Crippen LogP contribution in [0.25, 0.3) is 22.3 Å². The molecule has 3 aliphatic rings. The molecule has 2 amide bonds. The van der Waals surface area contributed by atoms with Gasteiger partial charge in [-0.05, 0) is 43.5 Å². The summed E-state index contributed by atoms with van der Waals surface area (Å²) in [7, 11) is 0. The largest absolute Gasteiger partial charge is 0.377 e. The lowest BCUT2D eigenvalue weighted by atomic mass is 9.95. The molecule has 10 heteroatoms. The van der Waals surface area contributed by atoms with E-state index in [0.717, 1.165) is 40.6 Å². The number of piperidine rings is 1. The van der Waals surface area contributed by atoms with Gasteiger partial charge in [0.25, 0.3) is 0 Å². The fraction of sp³-hybridized carbons (Fsp3) is 0.414. The number of benzene rings is 2. The van der Waals surface area contributed by atoms with E-state index >= 15 is 0 Å². The SMILES string of the molecule is Cc1cccc(N2C[C@H](C(=O)N3CCC(c4nc(-c5ccc6cnn(C7COC7)c6c5)no4)CC3)CC2=O)c1. The fourth-order valence-electron chi connectivity index (χ4n) is 5.87. The summed E-state index contributed by atoms with van der Waals surface area (Å²) in [6, 6.07) is 14.2. The number of hydrogen-bond acceptors (Lipinski definition) is 7. The minimum absolute atomic E-state index is 0.00878. The van der Waals surface area contributed by atoms with E-state index in [1.54, 1.807) is 4.90 Å². The number of carbonyl (C=O) groups excluding carboxylic acids is 2. The molecule has 0 saturated carbocycles. The van der Waals surface area contributed by atoms with Crippen molar-refractivity contribution in [3.8, 4) is 11.4 Å². The van der Waals surface area contributed by atoms with Crippen LogP contribution >= 0.6 is 0 Å². The zero-order valence-corrected chi connectivity index (χ0v) is 21.8. The lowest BCUT2D eigenvalue weighted by Gasteiger charge is -2.32.